The highest BCUT2D eigenvalue weighted by atomic mass is 19.1. The quantitative estimate of drug-likeness (QED) is 0.506. The second kappa shape index (κ2) is 8.53. The second-order valence-corrected chi connectivity index (χ2v) is 5.33. The average molecular weight is 356 g/mol. The Labute approximate surface area is 148 Å². The molecule has 1 amide bonds. The van der Waals surface area contributed by atoms with Crippen LogP contribution < -0.4 is 5.32 Å². The Hall–Kier alpha value is -3.53. The standard InChI is InChI=1S/C19H14F2N2O3/c1-12-2-4-13(5-3-12)8-14(10-22)19(25)26-11-18(24)23-17-7-6-15(20)9-16(17)21/h2-9H,11H2,1H3,(H,23,24)/b14-8+. The number of ether oxygens (including phenoxy) is 1. The predicted octanol–water partition coefficient (Wildman–Crippen LogP) is 3.36. The molecule has 0 aliphatic rings. The number of hydrogen-bond donors (Lipinski definition) is 1. The molecule has 0 unspecified atom stereocenters. The molecule has 1 N–H and O–H groups in total. The summed E-state index contributed by atoms with van der Waals surface area (Å²) in [6, 6.07) is 11.4. The van der Waals surface area contributed by atoms with Gasteiger partial charge in [0, 0.05) is 6.07 Å². The Morgan fingerprint density at radius 2 is 1.88 bits per heavy atom. The molecule has 2 aromatic rings. The maximum absolute atomic E-state index is 13.4. The Balaban J connectivity index is 1.96. The van der Waals surface area contributed by atoms with E-state index in [0.29, 0.717) is 11.6 Å². The third kappa shape index (κ3) is 5.24. The molecule has 0 aliphatic heterocycles. The molecule has 0 heterocycles. The molecular weight excluding hydrogens is 342 g/mol. The minimum atomic E-state index is -0.984. The Morgan fingerprint density at radius 1 is 1.19 bits per heavy atom. The Morgan fingerprint density at radius 3 is 2.50 bits per heavy atom. The summed E-state index contributed by atoms with van der Waals surface area (Å²) in [5, 5.41) is 11.2. The highest BCUT2D eigenvalue weighted by Gasteiger charge is 2.14. The molecule has 26 heavy (non-hydrogen) atoms. The summed E-state index contributed by atoms with van der Waals surface area (Å²) in [5.41, 5.74) is 1.12. The number of nitriles is 1. The lowest BCUT2D eigenvalue weighted by Crippen LogP contribution is -2.22. The normalized spacial score (nSPS) is 10.8. The van der Waals surface area contributed by atoms with Gasteiger partial charge in [-0.1, -0.05) is 29.8 Å². The van der Waals surface area contributed by atoms with E-state index in [4.69, 9.17) is 10.00 Å². The summed E-state index contributed by atoms with van der Waals surface area (Å²) in [4.78, 5) is 23.6. The van der Waals surface area contributed by atoms with Crippen molar-refractivity contribution in [3.63, 3.8) is 0 Å². The fourth-order valence-electron chi connectivity index (χ4n) is 1.95. The molecule has 0 spiro atoms. The van der Waals surface area contributed by atoms with Crippen LogP contribution in [0.4, 0.5) is 14.5 Å². The third-order valence-electron chi connectivity index (χ3n) is 3.27. The molecule has 0 aromatic heterocycles. The fraction of sp³-hybridized carbons (Fsp3) is 0.105. The van der Waals surface area contributed by atoms with Crippen molar-refractivity contribution < 1.29 is 23.1 Å². The van der Waals surface area contributed by atoms with Gasteiger partial charge in [0.2, 0.25) is 0 Å². The molecule has 0 saturated carbocycles. The zero-order valence-corrected chi connectivity index (χ0v) is 13.8. The molecule has 0 fully saturated rings. The van der Waals surface area contributed by atoms with Crippen molar-refractivity contribution in [2.75, 3.05) is 11.9 Å². The first-order chi connectivity index (χ1) is 12.4. The average Bonchev–Trinajstić information content (AvgIpc) is 2.61. The van der Waals surface area contributed by atoms with Gasteiger partial charge in [0.15, 0.2) is 6.61 Å². The van der Waals surface area contributed by atoms with E-state index >= 15 is 0 Å². The monoisotopic (exact) mass is 356 g/mol. The maximum Gasteiger partial charge on any atom is 0.349 e. The van der Waals surface area contributed by atoms with Crippen molar-refractivity contribution in [1.29, 1.82) is 5.26 Å². The summed E-state index contributed by atoms with van der Waals surface area (Å²) in [6.07, 6.45) is 1.33. The molecular formula is C19H14F2N2O3. The molecule has 2 aromatic carbocycles. The summed E-state index contributed by atoms with van der Waals surface area (Å²) in [6.45, 7) is 1.18. The minimum Gasteiger partial charge on any atom is -0.451 e. The molecule has 7 heteroatoms. The Kier molecular flexibility index (Phi) is 6.17. The summed E-state index contributed by atoms with van der Waals surface area (Å²) < 4.78 is 31.0. The highest BCUT2D eigenvalue weighted by molar-refractivity contribution is 6.00. The van der Waals surface area contributed by atoms with Crippen LogP contribution in [0.2, 0.25) is 0 Å². The van der Waals surface area contributed by atoms with Gasteiger partial charge >= 0.3 is 5.97 Å². The Bertz CT molecular complexity index is 900. The van der Waals surface area contributed by atoms with Crippen LogP contribution in [0.25, 0.3) is 6.08 Å². The summed E-state index contributed by atoms with van der Waals surface area (Å²) in [5.74, 6) is -3.55. The van der Waals surface area contributed by atoms with Gasteiger partial charge in [-0.25, -0.2) is 13.6 Å². The first-order valence-electron chi connectivity index (χ1n) is 7.49. The lowest BCUT2D eigenvalue weighted by molar-refractivity contribution is -0.142. The number of rotatable bonds is 5. The number of amides is 1. The number of benzene rings is 2. The van der Waals surface area contributed by atoms with Crippen molar-refractivity contribution in [1.82, 2.24) is 0 Å². The van der Waals surface area contributed by atoms with E-state index in [1.165, 1.54) is 6.08 Å². The van der Waals surface area contributed by atoms with Crippen molar-refractivity contribution >= 4 is 23.6 Å². The lowest BCUT2D eigenvalue weighted by atomic mass is 10.1. The van der Waals surface area contributed by atoms with Gasteiger partial charge in [0.1, 0.15) is 23.3 Å². The van der Waals surface area contributed by atoms with E-state index in [1.807, 2.05) is 19.1 Å². The number of halogens is 2. The van der Waals surface area contributed by atoms with E-state index in [-0.39, 0.29) is 11.3 Å². The van der Waals surface area contributed by atoms with Gasteiger partial charge < -0.3 is 10.1 Å². The van der Waals surface area contributed by atoms with Gasteiger partial charge in [0.25, 0.3) is 5.91 Å². The molecule has 5 nitrogen and oxygen atoms in total. The van der Waals surface area contributed by atoms with E-state index in [2.05, 4.69) is 5.32 Å². The van der Waals surface area contributed by atoms with Crippen LogP contribution in [0.15, 0.2) is 48.0 Å². The van der Waals surface area contributed by atoms with Crippen LogP contribution in [0.3, 0.4) is 0 Å². The molecule has 0 atom stereocenters. The van der Waals surface area contributed by atoms with Crippen molar-refractivity contribution in [2.24, 2.45) is 0 Å². The summed E-state index contributed by atoms with van der Waals surface area (Å²) in [7, 11) is 0. The fourth-order valence-corrected chi connectivity index (χ4v) is 1.95. The van der Waals surface area contributed by atoms with Crippen LogP contribution in [0.1, 0.15) is 11.1 Å². The van der Waals surface area contributed by atoms with Crippen LogP contribution in [-0.2, 0) is 14.3 Å². The number of anilines is 1. The van der Waals surface area contributed by atoms with E-state index in [9.17, 15) is 18.4 Å². The first-order valence-corrected chi connectivity index (χ1v) is 7.49. The zero-order valence-electron chi connectivity index (χ0n) is 13.8. The van der Waals surface area contributed by atoms with Gasteiger partial charge in [-0.2, -0.15) is 5.26 Å². The predicted molar refractivity (Wildman–Crippen MR) is 90.7 cm³/mol. The number of nitrogens with zero attached hydrogens (tertiary/aromatic N) is 1. The first kappa shape index (κ1) is 18.8. The molecule has 0 radical (unpaired) electrons. The SMILES string of the molecule is Cc1ccc(/C=C(\C#N)C(=O)OCC(=O)Nc2ccc(F)cc2F)cc1. The van der Waals surface area contributed by atoms with Crippen LogP contribution in [0.5, 0.6) is 0 Å². The molecule has 0 aliphatic carbocycles. The van der Waals surface area contributed by atoms with Gasteiger partial charge in [-0.05, 0) is 30.7 Å². The number of hydrogen-bond acceptors (Lipinski definition) is 4. The smallest absolute Gasteiger partial charge is 0.349 e. The molecule has 0 bridgehead atoms. The number of carbonyl (C=O) groups is 2. The van der Waals surface area contributed by atoms with Crippen molar-refractivity contribution in [3.05, 3.63) is 70.8 Å². The van der Waals surface area contributed by atoms with E-state index in [0.717, 1.165) is 17.7 Å². The second-order valence-electron chi connectivity index (χ2n) is 5.33. The number of aryl methyl sites for hydroxylation is 1. The topological polar surface area (TPSA) is 79.2 Å². The van der Waals surface area contributed by atoms with Crippen LogP contribution in [-0.4, -0.2) is 18.5 Å². The molecule has 132 valence electrons. The number of esters is 1. The van der Waals surface area contributed by atoms with Crippen molar-refractivity contribution in [2.45, 2.75) is 6.92 Å². The van der Waals surface area contributed by atoms with E-state index < -0.39 is 30.1 Å². The largest absolute Gasteiger partial charge is 0.451 e. The van der Waals surface area contributed by atoms with Gasteiger partial charge in [-0.3, -0.25) is 4.79 Å². The van der Waals surface area contributed by atoms with Gasteiger partial charge in [0.05, 0.1) is 5.69 Å². The van der Waals surface area contributed by atoms with E-state index in [1.54, 1.807) is 18.2 Å². The van der Waals surface area contributed by atoms with Gasteiger partial charge in [-0.15, -0.1) is 0 Å². The lowest BCUT2D eigenvalue weighted by Gasteiger charge is -2.07. The maximum atomic E-state index is 13.4. The number of nitrogens with one attached hydrogen (secondary N) is 1. The molecule has 2 rings (SSSR count). The zero-order chi connectivity index (χ0) is 19.1. The van der Waals surface area contributed by atoms with Crippen molar-refractivity contribution in [3.8, 4) is 6.07 Å². The summed E-state index contributed by atoms with van der Waals surface area (Å²) >= 11 is 0. The third-order valence-corrected chi connectivity index (χ3v) is 3.27. The highest BCUT2D eigenvalue weighted by Crippen LogP contribution is 2.15. The van der Waals surface area contributed by atoms with Crippen LogP contribution >= 0.6 is 0 Å². The number of carbonyl (C=O) groups excluding carboxylic acids is 2. The minimum absolute atomic E-state index is 0.247. The van der Waals surface area contributed by atoms with Crippen LogP contribution in [0, 0.1) is 29.9 Å². The molecule has 0 saturated heterocycles.